The Morgan fingerprint density at radius 3 is 1.33 bits per heavy atom. The molecule has 12 rings (SSSR count). The molecule has 414 valence electrons. The van der Waals surface area contributed by atoms with Crippen LogP contribution in [0.1, 0.15) is 48.8 Å². The van der Waals surface area contributed by atoms with E-state index < -0.39 is 0 Å². The van der Waals surface area contributed by atoms with Crippen LogP contribution < -0.4 is 37.1 Å². The monoisotopic (exact) mass is 1090 g/mol. The van der Waals surface area contributed by atoms with E-state index in [1.165, 1.54) is 0 Å². The first kappa shape index (κ1) is 55.6. The van der Waals surface area contributed by atoms with Gasteiger partial charge >= 0.3 is 0 Å². The molecular weight excluding hydrogens is 1020 g/mol. The van der Waals surface area contributed by atoms with Crippen molar-refractivity contribution >= 4 is 44.3 Å². The number of anilines is 2. The summed E-state index contributed by atoms with van der Waals surface area (Å²) in [6, 6.07) is 63.1. The lowest BCUT2D eigenvalue weighted by atomic mass is 10.1. The Hall–Kier alpha value is -9.69. The van der Waals surface area contributed by atoms with Gasteiger partial charge in [-0.1, -0.05) is 134 Å². The number of fused-ring (bicyclic) bond motifs is 3. The maximum atomic E-state index is 6.28. The minimum atomic E-state index is 0.537. The molecule has 13 heteroatoms. The van der Waals surface area contributed by atoms with Gasteiger partial charge < -0.3 is 51.3 Å². The van der Waals surface area contributed by atoms with Crippen LogP contribution in [0.2, 0.25) is 0 Å². The lowest BCUT2D eigenvalue weighted by molar-refractivity contribution is 0.306. The molecule has 0 saturated carbocycles. The van der Waals surface area contributed by atoms with Crippen molar-refractivity contribution < 1.29 is 14.2 Å². The van der Waals surface area contributed by atoms with E-state index in [4.69, 9.17) is 37.1 Å². The van der Waals surface area contributed by atoms with Crippen molar-refractivity contribution in [3.05, 3.63) is 242 Å². The van der Waals surface area contributed by atoms with Gasteiger partial charge in [-0.2, -0.15) is 0 Å². The zero-order valence-electron chi connectivity index (χ0n) is 46.1. The fraction of sp³-hybridized carbons (Fsp3) is 0.174. The lowest BCUT2D eigenvalue weighted by Gasteiger charge is -2.08. The Kier molecular flexibility index (Phi) is 19.0. The molecule has 0 spiro atoms. The van der Waals surface area contributed by atoms with Crippen LogP contribution in [0.5, 0.6) is 17.2 Å². The predicted octanol–water partition coefficient (Wildman–Crippen LogP) is 14.4. The molecule has 13 nitrogen and oxygen atoms in total. The second-order valence-corrected chi connectivity index (χ2v) is 20.1. The average molecular weight is 1090 g/mol. The zero-order chi connectivity index (χ0) is 56.3. The molecule has 0 aliphatic carbocycles. The summed E-state index contributed by atoms with van der Waals surface area (Å²) in [7, 11) is 0. The van der Waals surface area contributed by atoms with Crippen LogP contribution in [0, 0.1) is 0 Å². The van der Waals surface area contributed by atoms with Crippen molar-refractivity contribution in [3.8, 4) is 50.8 Å². The number of ether oxygens (including phenoxy) is 3. The smallest absolute Gasteiger partial charge is 0.133 e. The van der Waals surface area contributed by atoms with Crippen molar-refractivity contribution in [1.82, 2.24) is 29.1 Å². The molecular formula is C69H70N10O3. The van der Waals surface area contributed by atoms with Gasteiger partial charge in [-0.15, -0.1) is 0 Å². The third-order valence-electron chi connectivity index (χ3n) is 14.2. The van der Waals surface area contributed by atoms with E-state index in [1.54, 1.807) is 18.6 Å². The zero-order valence-corrected chi connectivity index (χ0v) is 46.1. The number of aromatic amines is 1. The van der Waals surface area contributed by atoms with Crippen LogP contribution in [-0.2, 0) is 32.9 Å². The minimum absolute atomic E-state index is 0.537. The van der Waals surface area contributed by atoms with Crippen molar-refractivity contribution in [1.29, 1.82) is 0 Å². The largest absolute Gasteiger partial charge is 0.489 e. The molecule has 6 aromatic carbocycles. The van der Waals surface area contributed by atoms with E-state index in [0.717, 1.165) is 152 Å². The number of H-pyrrole nitrogens is 1. The Morgan fingerprint density at radius 1 is 0.427 bits per heavy atom. The number of nitrogens with zero attached hydrogens (tertiary/aromatic N) is 5. The normalized spacial score (nSPS) is 11.0. The highest BCUT2D eigenvalue weighted by atomic mass is 16.5. The van der Waals surface area contributed by atoms with Gasteiger partial charge in [-0.25, -0.2) is 9.97 Å². The molecule has 0 aliphatic rings. The summed E-state index contributed by atoms with van der Waals surface area (Å²) in [5, 5.41) is 3.09. The molecule has 0 saturated heterocycles. The molecule has 0 amide bonds. The van der Waals surface area contributed by atoms with Crippen LogP contribution in [0.3, 0.4) is 0 Å². The second-order valence-electron chi connectivity index (χ2n) is 20.1. The number of benzene rings is 6. The van der Waals surface area contributed by atoms with Crippen LogP contribution in [-0.4, -0.2) is 42.2 Å². The van der Waals surface area contributed by atoms with Crippen molar-refractivity contribution in [2.45, 2.75) is 65.0 Å². The van der Waals surface area contributed by atoms with E-state index in [2.05, 4.69) is 120 Å². The number of rotatable bonds is 21. The molecule has 0 bridgehead atoms. The summed E-state index contributed by atoms with van der Waals surface area (Å²) in [6.45, 7) is 4.93. The molecule has 0 unspecified atom stereocenters. The molecule has 82 heavy (non-hydrogen) atoms. The third-order valence-corrected chi connectivity index (χ3v) is 14.2. The molecule has 0 aliphatic heterocycles. The summed E-state index contributed by atoms with van der Waals surface area (Å²) < 4.78 is 22.5. The van der Waals surface area contributed by atoms with E-state index in [9.17, 15) is 0 Å². The van der Waals surface area contributed by atoms with Gasteiger partial charge in [-0.3, -0.25) is 4.98 Å². The van der Waals surface area contributed by atoms with Gasteiger partial charge in [0.15, 0.2) is 0 Å². The number of hydrogen-bond donors (Lipinski definition) is 5. The Balaban J connectivity index is 0.000000139. The van der Waals surface area contributed by atoms with Gasteiger partial charge in [-0.05, 0) is 127 Å². The number of unbranched alkanes of at least 4 members (excludes halogenated alkanes) is 3. The lowest BCUT2D eigenvalue weighted by Crippen LogP contribution is -2.02. The molecule has 6 heterocycles. The number of nitrogen functional groups attached to an aromatic ring is 2. The fourth-order valence-corrected chi connectivity index (χ4v) is 9.99. The fourth-order valence-electron chi connectivity index (χ4n) is 9.99. The van der Waals surface area contributed by atoms with Gasteiger partial charge in [0.2, 0.25) is 0 Å². The summed E-state index contributed by atoms with van der Waals surface area (Å²) in [6.07, 6.45) is 16.8. The predicted molar refractivity (Wildman–Crippen MR) is 334 cm³/mol. The Bertz CT molecular complexity index is 3900. The molecule has 0 fully saturated rings. The van der Waals surface area contributed by atoms with Crippen molar-refractivity contribution in [3.63, 3.8) is 0 Å². The average Bonchev–Trinajstić information content (AvgIpc) is 4.47. The number of aryl methyl sites for hydroxylation is 2. The van der Waals surface area contributed by atoms with E-state index >= 15 is 0 Å². The van der Waals surface area contributed by atoms with E-state index in [-0.39, 0.29) is 0 Å². The van der Waals surface area contributed by atoms with Gasteiger partial charge in [0.05, 0.1) is 11.0 Å². The first-order chi connectivity index (χ1) is 40.4. The maximum absolute atomic E-state index is 6.28. The minimum Gasteiger partial charge on any atom is -0.489 e. The third kappa shape index (κ3) is 14.4. The molecule has 9 N–H and O–H groups in total. The van der Waals surface area contributed by atoms with E-state index in [0.29, 0.717) is 38.0 Å². The highest BCUT2D eigenvalue weighted by Crippen LogP contribution is 2.37. The van der Waals surface area contributed by atoms with Gasteiger partial charge in [0.25, 0.3) is 0 Å². The van der Waals surface area contributed by atoms with Crippen LogP contribution in [0.4, 0.5) is 11.6 Å². The molecule has 0 atom stereocenters. The summed E-state index contributed by atoms with van der Waals surface area (Å²) >= 11 is 0. The second kappa shape index (κ2) is 27.9. The topological polar surface area (TPSA) is 196 Å². The summed E-state index contributed by atoms with van der Waals surface area (Å²) in [5.74, 6) is 3.63. The number of hydrogen-bond acceptors (Lipinski definition) is 10. The molecule has 12 aromatic rings. The quantitative estimate of drug-likeness (QED) is 0.0432. The highest BCUT2D eigenvalue weighted by Gasteiger charge is 2.16. The Labute approximate surface area is 479 Å². The van der Waals surface area contributed by atoms with Crippen LogP contribution in [0.15, 0.2) is 225 Å². The van der Waals surface area contributed by atoms with Crippen molar-refractivity contribution in [2.24, 2.45) is 11.5 Å². The maximum Gasteiger partial charge on any atom is 0.133 e. The summed E-state index contributed by atoms with van der Waals surface area (Å²) in [4.78, 5) is 16.2. The first-order valence-electron chi connectivity index (χ1n) is 28.0. The molecule has 6 aromatic heterocycles. The van der Waals surface area contributed by atoms with E-state index in [1.807, 2.05) is 115 Å². The van der Waals surface area contributed by atoms with Crippen LogP contribution in [0.25, 0.3) is 66.2 Å². The first-order valence-corrected chi connectivity index (χ1v) is 28.0. The summed E-state index contributed by atoms with van der Waals surface area (Å²) in [5.41, 5.74) is 37.0. The van der Waals surface area contributed by atoms with Gasteiger partial charge in [0, 0.05) is 94.3 Å². The Morgan fingerprint density at radius 2 is 0.866 bits per heavy atom. The number of pyridine rings is 3. The number of aromatic nitrogens is 6. The van der Waals surface area contributed by atoms with Crippen LogP contribution >= 0.6 is 0 Å². The van der Waals surface area contributed by atoms with Crippen molar-refractivity contribution in [2.75, 3.05) is 24.6 Å². The standard InChI is InChI=1S/C25H28N4O.C24H26N4O.C20H16N2O/c26-13-5-2-6-15-29-17-22(24-23(29)12-14-28-25(24)27)20-10-7-11-21(16-20)30-18-19-8-3-1-4-9-19;25-12-4-5-14-28-16-21(23-22(28)11-13-27-24(23)26)19-9-6-10-20(15-19)29-17-18-7-2-1-3-8-18;1-2-5-15(6-3-1)14-23-18-8-4-7-16(11-18)20-12-17-13-21-10-9-19(17)22-20/h1,3-4,7-12,14,16-17H,2,5-6,13,15,18,26H2,(H2,27,28);1-3,6-11,13,15-16H,4-5,12,14,17,25H2,(H2,26,27);1-13,22H,14H2. The number of nitrogens with two attached hydrogens (primary N) is 4. The SMILES string of the molecule is NCCCCCn1cc(-c2cccc(OCc3ccccc3)c2)c2c(N)nccc21.NCCCCn1cc(-c2cccc(OCc3ccccc3)c2)c2c(N)nccc21.c1ccc(COc2cccc(-c3cc4cnccc4[nH]3)c2)cc1. The van der Waals surface area contributed by atoms with Gasteiger partial charge in [0.1, 0.15) is 48.7 Å². The number of nitrogens with one attached hydrogen (secondary N) is 1. The molecule has 0 radical (unpaired) electrons. The highest BCUT2D eigenvalue weighted by molar-refractivity contribution is 6.03.